The van der Waals surface area contributed by atoms with Crippen LogP contribution in [0.5, 0.6) is 5.75 Å². The van der Waals surface area contributed by atoms with Gasteiger partial charge in [-0.1, -0.05) is 24.3 Å². The molecule has 3 aromatic carbocycles. The SMILES string of the molecule is Cc1nc2ccc(-c3cc(C)c4c(c3)CN(C(=O)N3CCN(c5ccccc5)CC3)CCO4)cc2[nH]1. The van der Waals surface area contributed by atoms with Crippen LogP contribution in [0.15, 0.2) is 60.7 Å². The van der Waals surface area contributed by atoms with Gasteiger partial charge >= 0.3 is 6.03 Å². The van der Waals surface area contributed by atoms with Gasteiger partial charge in [0.15, 0.2) is 0 Å². The molecule has 1 saturated heterocycles. The molecule has 3 heterocycles. The number of anilines is 1. The topological polar surface area (TPSA) is 64.7 Å². The molecule has 0 atom stereocenters. The summed E-state index contributed by atoms with van der Waals surface area (Å²) in [5.41, 5.74) is 7.60. The van der Waals surface area contributed by atoms with Crippen molar-refractivity contribution in [3.05, 3.63) is 77.6 Å². The number of benzene rings is 3. The van der Waals surface area contributed by atoms with Gasteiger partial charge in [0, 0.05) is 37.4 Å². The molecule has 0 spiro atoms. The number of carbonyl (C=O) groups excluding carboxylic acids is 1. The number of para-hydroxylation sites is 1. The fourth-order valence-electron chi connectivity index (χ4n) is 5.35. The first-order valence-corrected chi connectivity index (χ1v) is 12.6. The second-order valence-corrected chi connectivity index (χ2v) is 9.70. The number of aryl methyl sites for hydroxylation is 2. The number of hydrogen-bond donors (Lipinski definition) is 1. The molecule has 2 amide bonds. The number of amides is 2. The van der Waals surface area contributed by atoms with E-state index in [1.165, 1.54) is 5.69 Å². The standard InChI is InChI=1S/C29H31N5O2/c1-20-16-23(22-8-9-26-27(18-22)31-21(2)30-26)17-24-19-34(14-15-36-28(20)24)29(35)33-12-10-32(11-13-33)25-6-4-3-5-7-25/h3-9,16-18H,10-15,19H2,1-2H3,(H,30,31). The number of fused-ring (bicyclic) bond motifs is 2. The zero-order chi connectivity index (χ0) is 24.6. The van der Waals surface area contributed by atoms with Crippen molar-refractivity contribution in [1.29, 1.82) is 0 Å². The molecule has 4 aromatic rings. The summed E-state index contributed by atoms with van der Waals surface area (Å²) in [5.74, 6) is 1.81. The van der Waals surface area contributed by atoms with Crippen molar-refractivity contribution in [3.63, 3.8) is 0 Å². The second-order valence-electron chi connectivity index (χ2n) is 9.70. The highest BCUT2D eigenvalue weighted by Crippen LogP contribution is 2.34. The van der Waals surface area contributed by atoms with Crippen LogP contribution in [0.4, 0.5) is 10.5 Å². The van der Waals surface area contributed by atoms with Crippen LogP contribution in [0, 0.1) is 13.8 Å². The van der Waals surface area contributed by atoms with Crippen LogP contribution in [0.1, 0.15) is 17.0 Å². The zero-order valence-corrected chi connectivity index (χ0v) is 20.8. The fraction of sp³-hybridized carbons (Fsp3) is 0.310. The molecule has 0 radical (unpaired) electrons. The minimum absolute atomic E-state index is 0.0940. The first-order valence-electron chi connectivity index (χ1n) is 12.6. The highest BCUT2D eigenvalue weighted by atomic mass is 16.5. The lowest BCUT2D eigenvalue weighted by Gasteiger charge is -2.38. The Kier molecular flexibility index (Phi) is 5.76. The number of H-pyrrole nitrogens is 1. The van der Waals surface area contributed by atoms with Crippen LogP contribution in [0.3, 0.4) is 0 Å². The van der Waals surface area contributed by atoms with E-state index >= 15 is 0 Å². The maximum atomic E-state index is 13.5. The van der Waals surface area contributed by atoms with Gasteiger partial charge in [0.2, 0.25) is 0 Å². The summed E-state index contributed by atoms with van der Waals surface area (Å²) in [4.78, 5) is 27.6. The molecular formula is C29H31N5O2. The van der Waals surface area contributed by atoms with E-state index < -0.39 is 0 Å². The number of urea groups is 1. The Morgan fingerprint density at radius 2 is 1.69 bits per heavy atom. The van der Waals surface area contributed by atoms with Crippen molar-refractivity contribution in [2.75, 3.05) is 44.2 Å². The first kappa shape index (κ1) is 22.5. The number of rotatable bonds is 2. The van der Waals surface area contributed by atoms with Crippen LogP contribution < -0.4 is 9.64 Å². The van der Waals surface area contributed by atoms with E-state index in [0.717, 1.165) is 71.0 Å². The summed E-state index contributed by atoms with van der Waals surface area (Å²) >= 11 is 0. The quantitative estimate of drug-likeness (QED) is 0.438. The highest BCUT2D eigenvalue weighted by molar-refractivity contribution is 5.82. The Balaban J connectivity index is 1.21. The Morgan fingerprint density at radius 1 is 0.889 bits per heavy atom. The average Bonchev–Trinajstić information content (AvgIpc) is 3.14. The molecule has 7 nitrogen and oxygen atoms in total. The fourth-order valence-corrected chi connectivity index (χ4v) is 5.35. The van der Waals surface area contributed by atoms with Gasteiger partial charge in [-0.05, 0) is 66.9 Å². The molecule has 36 heavy (non-hydrogen) atoms. The van der Waals surface area contributed by atoms with E-state index in [0.29, 0.717) is 19.7 Å². The second kappa shape index (κ2) is 9.22. The monoisotopic (exact) mass is 481 g/mol. The number of nitrogens with zero attached hydrogens (tertiary/aromatic N) is 4. The highest BCUT2D eigenvalue weighted by Gasteiger charge is 2.28. The van der Waals surface area contributed by atoms with Crippen molar-refractivity contribution in [2.45, 2.75) is 20.4 Å². The number of carbonyl (C=O) groups is 1. The third-order valence-corrected chi connectivity index (χ3v) is 7.20. The van der Waals surface area contributed by atoms with E-state index in [1.807, 2.05) is 22.8 Å². The van der Waals surface area contributed by atoms with Crippen LogP contribution in [0.2, 0.25) is 0 Å². The van der Waals surface area contributed by atoms with Gasteiger partial charge < -0.3 is 24.4 Å². The summed E-state index contributed by atoms with van der Waals surface area (Å²) in [6, 6.07) is 21.2. The van der Waals surface area contributed by atoms with Gasteiger partial charge in [0.25, 0.3) is 0 Å². The number of nitrogens with one attached hydrogen (secondary N) is 1. The van der Waals surface area contributed by atoms with Crippen molar-refractivity contribution in [2.24, 2.45) is 0 Å². The number of ether oxygens (including phenoxy) is 1. The largest absolute Gasteiger partial charge is 0.491 e. The van der Waals surface area contributed by atoms with Crippen LogP contribution in [-0.2, 0) is 6.54 Å². The number of hydrogen-bond acceptors (Lipinski definition) is 4. The van der Waals surface area contributed by atoms with Crippen molar-refractivity contribution < 1.29 is 9.53 Å². The molecule has 2 aliphatic rings. The van der Waals surface area contributed by atoms with E-state index in [-0.39, 0.29) is 6.03 Å². The summed E-state index contributed by atoms with van der Waals surface area (Å²) < 4.78 is 6.15. The zero-order valence-electron chi connectivity index (χ0n) is 20.8. The maximum Gasteiger partial charge on any atom is 0.320 e. The minimum atomic E-state index is 0.0940. The van der Waals surface area contributed by atoms with Crippen molar-refractivity contribution in [1.82, 2.24) is 19.8 Å². The Labute approximate surface area is 211 Å². The van der Waals surface area contributed by atoms with E-state index in [1.54, 1.807) is 0 Å². The van der Waals surface area contributed by atoms with E-state index in [9.17, 15) is 4.79 Å². The molecule has 1 fully saturated rings. The molecule has 1 N–H and O–H groups in total. The first-order chi connectivity index (χ1) is 17.5. The van der Waals surface area contributed by atoms with Gasteiger partial charge in [-0.15, -0.1) is 0 Å². The third kappa shape index (κ3) is 4.26. The number of piperazine rings is 1. The van der Waals surface area contributed by atoms with Crippen LogP contribution in [-0.4, -0.2) is 65.1 Å². The Morgan fingerprint density at radius 3 is 2.50 bits per heavy atom. The molecule has 184 valence electrons. The molecule has 2 aliphatic heterocycles. The van der Waals surface area contributed by atoms with Gasteiger partial charge in [-0.3, -0.25) is 0 Å². The van der Waals surface area contributed by atoms with Gasteiger partial charge in [0.1, 0.15) is 18.2 Å². The lowest BCUT2D eigenvalue weighted by atomic mass is 9.98. The lowest BCUT2D eigenvalue weighted by Crippen LogP contribution is -2.53. The van der Waals surface area contributed by atoms with Gasteiger partial charge in [-0.25, -0.2) is 9.78 Å². The van der Waals surface area contributed by atoms with Gasteiger partial charge in [0.05, 0.1) is 24.1 Å². The van der Waals surface area contributed by atoms with Crippen LogP contribution in [0.25, 0.3) is 22.2 Å². The molecule has 6 rings (SSSR count). The van der Waals surface area contributed by atoms with E-state index in [2.05, 4.69) is 76.4 Å². The summed E-state index contributed by atoms with van der Waals surface area (Å²) in [6.07, 6.45) is 0. The minimum Gasteiger partial charge on any atom is -0.491 e. The summed E-state index contributed by atoms with van der Waals surface area (Å²) in [7, 11) is 0. The van der Waals surface area contributed by atoms with E-state index in [4.69, 9.17) is 4.74 Å². The predicted molar refractivity (Wildman–Crippen MR) is 143 cm³/mol. The van der Waals surface area contributed by atoms with Crippen molar-refractivity contribution in [3.8, 4) is 16.9 Å². The molecule has 0 aliphatic carbocycles. The Hall–Kier alpha value is -4.00. The predicted octanol–water partition coefficient (Wildman–Crippen LogP) is 4.98. The lowest BCUT2D eigenvalue weighted by molar-refractivity contribution is 0.143. The molecule has 0 unspecified atom stereocenters. The molecule has 0 bridgehead atoms. The molecular weight excluding hydrogens is 450 g/mol. The molecule has 1 aromatic heterocycles. The normalized spacial score (nSPS) is 16.0. The molecule has 7 heteroatoms. The maximum absolute atomic E-state index is 13.5. The van der Waals surface area contributed by atoms with Crippen molar-refractivity contribution >= 4 is 22.8 Å². The summed E-state index contributed by atoms with van der Waals surface area (Å²) in [5, 5.41) is 0. The molecule has 0 saturated carbocycles. The van der Waals surface area contributed by atoms with Crippen LogP contribution >= 0.6 is 0 Å². The number of aromatic nitrogens is 2. The van der Waals surface area contributed by atoms with Gasteiger partial charge in [-0.2, -0.15) is 0 Å². The number of imidazole rings is 1. The third-order valence-electron chi connectivity index (χ3n) is 7.20. The average molecular weight is 482 g/mol. The Bertz CT molecular complexity index is 1410. The smallest absolute Gasteiger partial charge is 0.320 e. The summed E-state index contributed by atoms with van der Waals surface area (Å²) in [6.45, 7) is 8.82. The number of aromatic amines is 1.